The summed E-state index contributed by atoms with van der Waals surface area (Å²) >= 11 is 4.82. The van der Waals surface area contributed by atoms with Crippen molar-refractivity contribution in [3.8, 4) is 0 Å². The van der Waals surface area contributed by atoms with E-state index in [0.29, 0.717) is 11.3 Å². The van der Waals surface area contributed by atoms with Gasteiger partial charge in [-0.25, -0.2) is 14.2 Å². The maximum absolute atomic E-state index is 13.3. The minimum atomic E-state index is -1.06. The van der Waals surface area contributed by atoms with E-state index in [2.05, 4.69) is 20.9 Å². The third-order valence-corrected chi connectivity index (χ3v) is 4.05. The lowest BCUT2D eigenvalue weighted by atomic mass is 10.1. The summed E-state index contributed by atoms with van der Waals surface area (Å²) in [6.45, 7) is 0. The molecule has 0 aliphatic heterocycles. The van der Waals surface area contributed by atoms with Crippen LogP contribution >= 0.6 is 27.7 Å². The van der Waals surface area contributed by atoms with Gasteiger partial charge in [0.25, 0.3) is 0 Å². The summed E-state index contributed by atoms with van der Waals surface area (Å²) in [5.41, 5.74) is 1.41. The first kappa shape index (κ1) is 15.7. The van der Waals surface area contributed by atoms with Crippen LogP contribution in [0.5, 0.6) is 0 Å². The number of carboxylic acids is 1. The van der Waals surface area contributed by atoms with Crippen molar-refractivity contribution in [2.45, 2.75) is 10.8 Å². The topological polar surface area (TPSA) is 50.2 Å². The number of benzene rings is 1. The van der Waals surface area contributed by atoms with Gasteiger partial charge >= 0.3 is 5.97 Å². The third kappa shape index (κ3) is 4.99. The molecule has 0 radical (unpaired) electrons. The van der Waals surface area contributed by atoms with Gasteiger partial charge in [-0.3, -0.25) is 0 Å². The van der Waals surface area contributed by atoms with Crippen LogP contribution in [0.2, 0.25) is 0 Å². The van der Waals surface area contributed by atoms with E-state index in [1.165, 1.54) is 30.0 Å². The fourth-order valence-electron chi connectivity index (χ4n) is 1.61. The number of hydrogen-bond donors (Lipinski definition) is 1. The van der Waals surface area contributed by atoms with E-state index >= 15 is 0 Å². The van der Waals surface area contributed by atoms with Crippen LogP contribution in [0.1, 0.15) is 11.1 Å². The van der Waals surface area contributed by atoms with Gasteiger partial charge in [-0.1, -0.05) is 6.07 Å². The maximum atomic E-state index is 13.3. The van der Waals surface area contributed by atoms with Crippen LogP contribution in [-0.2, 0) is 10.5 Å². The fourth-order valence-corrected chi connectivity index (χ4v) is 2.71. The standard InChI is InChI=1S/C15H11BrFNO2S/c16-12-3-5-14(18-8-12)21-9-11-1-4-13(17)7-10(11)2-6-15(19)20/h1-8H,9H2,(H,19,20). The molecule has 0 aliphatic carbocycles. The molecule has 0 bridgehead atoms. The molecular weight excluding hydrogens is 357 g/mol. The molecule has 1 heterocycles. The zero-order chi connectivity index (χ0) is 15.2. The molecule has 2 aromatic rings. The number of carbonyl (C=O) groups is 1. The van der Waals surface area contributed by atoms with Gasteiger partial charge in [0.05, 0.1) is 5.03 Å². The Morgan fingerprint density at radius 1 is 1.38 bits per heavy atom. The van der Waals surface area contributed by atoms with Gasteiger partial charge in [0.2, 0.25) is 0 Å². The zero-order valence-electron chi connectivity index (χ0n) is 10.8. The Hall–Kier alpha value is -1.66. The molecular formula is C15H11BrFNO2S. The van der Waals surface area contributed by atoms with Crippen molar-refractivity contribution < 1.29 is 14.3 Å². The van der Waals surface area contributed by atoms with Gasteiger partial charge in [-0.15, -0.1) is 11.8 Å². The molecule has 0 amide bonds. The second-order valence-corrected chi connectivity index (χ2v) is 6.03. The Bertz CT molecular complexity index is 674. The zero-order valence-corrected chi connectivity index (χ0v) is 13.2. The molecule has 21 heavy (non-hydrogen) atoms. The Morgan fingerprint density at radius 3 is 2.86 bits per heavy atom. The average molecular weight is 368 g/mol. The Balaban J connectivity index is 2.15. The lowest BCUT2D eigenvalue weighted by Gasteiger charge is -2.06. The Labute approximate surface area is 134 Å². The van der Waals surface area contributed by atoms with Gasteiger partial charge in [0.1, 0.15) is 5.82 Å². The molecule has 0 aliphatic rings. The van der Waals surface area contributed by atoms with E-state index < -0.39 is 11.8 Å². The predicted octanol–water partition coefficient (Wildman–Crippen LogP) is 4.37. The SMILES string of the molecule is O=C(O)C=Cc1cc(F)ccc1CSc1ccc(Br)cn1. The molecule has 0 atom stereocenters. The highest BCUT2D eigenvalue weighted by Gasteiger charge is 2.04. The highest BCUT2D eigenvalue weighted by molar-refractivity contribution is 9.10. The van der Waals surface area contributed by atoms with E-state index in [0.717, 1.165) is 21.1 Å². The summed E-state index contributed by atoms with van der Waals surface area (Å²) in [7, 11) is 0. The van der Waals surface area contributed by atoms with Gasteiger partial charge in [-0.2, -0.15) is 0 Å². The lowest BCUT2D eigenvalue weighted by Crippen LogP contribution is -1.91. The number of carboxylic acid groups (broad SMARTS) is 1. The molecule has 1 aromatic heterocycles. The molecule has 108 valence electrons. The van der Waals surface area contributed by atoms with Crippen molar-refractivity contribution in [2.24, 2.45) is 0 Å². The summed E-state index contributed by atoms with van der Waals surface area (Å²) in [4.78, 5) is 14.8. The highest BCUT2D eigenvalue weighted by atomic mass is 79.9. The van der Waals surface area contributed by atoms with Crippen molar-refractivity contribution in [3.63, 3.8) is 0 Å². The molecule has 0 fully saturated rings. The first-order chi connectivity index (χ1) is 10.0. The molecule has 2 rings (SSSR count). The smallest absolute Gasteiger partial charge is 0.328 e. The van der Waals surface area contributed by atoms with E-state index in [-0.39, 0.29) is 0 Å². The summed E-state index contributed by atoms with van der Waals surface area (Å²) in [5, 5.41) is 9.51. The second-order valence-electron chi connectivity index (χ2n) is 4.12. The molecule has 0 saturated carbocycles. The van der Waals surface area contributed by atoms with E-state index in [1.54, 1.807) is 12.3 Å². The van der Waals surface area contributed by atoms with Crippen molar-refractivity contribution in [2.75, 3.05) is 0 Å². The number of aromatic nitrogens is 1. The lowest BCUT2D eigenvalue weighted by molar-refractivity contribution is -0.131. The largest absolute Gasteiger partial charge is 0.478 e. The number of rotatable bonds is 5. The molecule has 0 unspecified atom stereocenters. The van der Waals surface area contributed by atoms with Gasteiger partial charge in [-0.05, 0) is 57.4 Å². The van der Waals surface area contributed by atoms with E-state index in [9.17, 15) is 9.18 Å². The van der Waals surface area contributed by atoms with Crippen molar-refractivity contribution in [3.05, 3.63) is 64.0 Å². The summed E-state index contributed by atoms with van der Waals surface area (Å²) in [6, 6.07) is 8.12. The number of pyridine rings is 1. The van der Waals surface area contributed by atoms with Crippen LogP contribution in [0, 0.1) is 5.82 Å². The monoisotopic (exact) mass is 367 g/mol. The molecule has 1 aromatic carbocycles. The molecule has 3 nitrogen and oxygen atoms in total. The molecule has 6 heteroatoms. The molecule has 0 saturated heterocycles. The summed E-state index contributed by atoms with van der Waals surface area (Å²) < 4.78 is 14.2. The second kappa shape index (κ2) is 7.38. The van der Waals surface area contributed by atoms with Crippen molar-refractivity contribution >= 4 is 39.7 Å². The van der Waals surface area contributed by atoms with E-state index in [4.69, 9.17) is 5.11 Å². The first-order valence-corrected chi connectivity index (χ1v) is 7.76. The Morgan fingerprint density at radius 2 is 2.19 bits per heavy atom. The van der Waals surface area contributed by atoms with Crippen LogP contribution in [0.3, 0.4) is 0 Å². The first-order valence-electron chi connectivity index (χ1n) is 5.98. The molecule has 1 N–H and O–H groups in total. The van der Waals surface area contributed by atoms with Crippen LogP contribution in [0.4, 0.5) is 4.39 Å². The van der Waals surface area contributed by atoms with Crippen LogP contribution < -0.4 is 0 Å². The number of halogens is 2. The Kier molecular flexibility index (Phi) is 5.52. The third-order valence-electron chi connectivity index (χ3n) is 2.59. The minimum Gasteiger partial charge on any atom is -0.478 e. The summed E-state index contributed by atoms with van der Waals surface area (Å²) in [5.74, 6) is -0.878. The quantitative estimate of drug-likeness (QED) is 0.629. The minimum absolute atomic E-state index is 0.393. The van der Waals surface area contributed by atoms with Crippen molar-refractivity contribution in [1.29, 1.82) is 0 Å². The van der Waals surface area contributed by atoms with Crippen LogP contribution in [0.25, 0.3) is 6.08 Å². The normalized spacial score (nSPS) is 11.0. The van der Waals surface area contributed by atoms with Gasteiger partial charge in [0, 0.05) is 22.5 Å². The average Bonchev–Trinajstić information content (AvgIpc) is 2.45. The van der Waals surface area contributed by atoms with E-state index in [1.807, 2.05) is 12.1 Å². The van der Waals surface area contributed by atoms with Gasteiger partial charge in [0.15, 0.2) is 0 Å². The van der Waals surface area contributed by atoms with Crippen molar-refractivity contribution in [1.82, 2.24) is 4.98 Å². The van der Waals surface area contributed by atoms with Crippen LogP contribution in [-0.4, -0.2) is 16.1 Å². The fraction of sp³-hybridized carbons (Fsp3) is 0.0667. The van der Waals surface area contributed by atoms with Gasteiger partial charge < -0.3 is 5.11 Å². The number of nitrogens with zero attached hydrogens (tertiary/aromatic N) is 1. The maximum Gasteiger partial charge on any atom is 0.328 e. The summed E-state index contributed by atoms with van der Waals surface area (Å²) in [6.07, 6.45) is 4.11. The number of hydrogen-bond acceptors (Lipinski definition) is 3. The van der Waals surface area contributed by atoms with Crippen LogP contribution in [0.15, 0.2) is 52.1 Å². The molecule has 0 spiro atoms. The highest BCUT2D eigenvalue weighted by Crippen LogP contribution is 2.25. The number of aliphatic carboxylic acids is 1. The predicted molar refractivity (Wildman–Crippen MR) is 84.6 cm³/mol. The number of thioether (sulfide) groups is 1.